The lowest BCUT2D eigenvalue weighted by molar-refractivity contribution is -0.137. The highest BCUT2D eigenvalue weighted by atomic mass is 35.5. The summed E-state index contributed by atoms with van der Waals surface area (Å²) in [4.78, 5) is 45.3. The number of amides is 2. The van der Waals surface area contributed by atoms with Gasteiger partial charge in [0, 0.05) is 24.2 Å². The normalized spacial score (nSPS) is 12.1. The second-order valence-corrected chi connectivity index (χ2v) is 8.75. The van der Waals surface area contributed by atoms with Crippen molar-refractivity contribution >= 4 is 40.6 Å². The number of alkyl halides is 3. The summed E-state index contributed by atoms with van der Waals surface area (Å²) in [5.74, 6) is -1.51. The number of pyridine rings is 2. The molecule has 0 aliphatic rings. The van der Waals surface area contributed by atoms with Crippen molar-refractivity contribution in [3.8, 4) is 11.3 Å². The van der Waals surface area contributed by atoms with E-state index in [9.17, 15) is 22.8 Å². The number of rotatable bonds is 6. The molecule has 4 aromatic rings. The average molecular weight is 534 g/mol. The molecule has 36 heavy (non-hydrogen) atoms. The third-order valence-electron chi connectivity index (χ3n) is 4.74. The molecule has 0 unspecified atom stereocenters. The number of nitrogens with one attached hydrogen (secondary N) is 2. The number of hydrogen-bond acceptors (Lipinski definition) is 8. The fourth-order valence-electron chi connectivity index (χ4n) is 2.99. The minimum atomic E-state index is -4.70. The van der Waals surface area contributed by atoms with E-state index in [2.05, 4.69) is 35.6 Å². The first kappa shape index (κ1) is 25.1. The van der Waals surface area contributed by atoms with Gasteiger partial charge in [0.05, 0.1) is 28.5 Å². The average Bonchev–Trinajstić information content (AvgIpc) is 3.36. The predicted molar refractivity (Wildman–Crippen MR) is 125 cm³/mol. The molecule has 0 aliphatic heterocycles. The van der Waals surface area contributed by atoms with E-state index in [-0.39, 0.29) is 16.4 Å². The zero-order valence-electron chi connectivity index (χ0n) is 18.2. The van der Waals surface area contributed by atoms with E-state index in [1.54, 1.807) is 31.5 Å². The Kier molecular flexibility index (Phi) is 7.22. The molecule has 9 nitrogen and oxygen atoms in total. The van der Waals surface area contributed by atoms with Crippen molar-refractivity contribution in [3.63, 3.8) is 0 Å². The van der Waals surface area contributed by atoms with Crippen LogP contribution in [0.4, 0.5) is 19.0 Å². The van der Waals surface area contributed by atoms with E-state index in [0.29, 0.717) is 16.8 Å². The molecule has 184 valence electrons. The highest BCUT2D eigenvalue weighted by Crippen LogP contribution is 2.35. The maximum atomic E-state index is 13.0. The number of carbonyl (C=O) groups is 2. The number of thiazole rings is 1. The Morgan fingerprint density at radius 2 is 1.78 bits per heavy atom. The van der Waals surface area contributed by atoms with Gasteiger partial charge >= 0.3 is 6.18 Å². The van der Waals surface area contributed by atoms with Crippen molar-refractivity contribution < 1.29 is 22.8 Å². The summed E-state index contributed by atoms with van der Waals surface area (Å²) in [6, 6.07) is 5.09. The third kappa shape index (κ3) is 5.80. The zero-order valence-corrected chi connectivity index (χ0v) is 19.8. The lowest BCUT2D eigenvalue weighted by Crippen LogP contribution is -2.27. The Balaban J connectivity index is 1.43. The highest BCUT2D eigenvalue weighted by molar-refractivity contribution is 7.13. The van der Waals surface area contributed by atoms with Crippen molar-refractivity contribution in [1.82, 2.24) is 30.2 Å². The molecular weight excluding hydrogens is 519 g/mol. The van der Waals surface area contributed by atoms with Gasteiger partial charge in [0.1, 0.15) is 27.7 Å². The molecule has 0 bridgehead atoms. The van der Waals surface area contributed by atoms with Crippen LogP contribution in [0.25, 0.3) is 11.3 Å². The quantitative estimate of drug-likeness (QED) is 0.365. The molecular formula is C22H15ClF3N7O2S. The van der Waals surface area contributed by atoms with Crippen LogP contribution in [0.1, 0.15) is 43.7 Å². The van der Waals surface area contributed by atoms with E-state index in [1.165, 1.54) is 18.6 Å². The second-order valence-electron chi connectivity index (χ2n) is 7.28. The van der Waals surface area contributed by atoms with E-state index in [1.807, 2.05) is 0 Å². The lowest BCUT2D eigenvalue weighted by atomic mass is 10.1. The predicted octanol–water partition coefficient (Wildman–Crippen LogP) is 4.81. The summed E-state index contributed by atoms with van der Waals surface area (Å²) < 4.78 is 39.1. The Morgan fingerprint density at radius 3 is 2.50 bits per heavy atom. The van der Waals surface area contributed by atoms with Gasteiger partial charge in [0.25, 0.3) is 11.8 Å². The molecule has 0 aromatic carbocycles. The van der Waals surface area contributed by atoms with Gasteiger partial charge < -0.3 is 10.6 Å². The third-order valence-corrected chi connectivity index (χ3v) is 6.22. The lowest BCUT2D eigenvalue weighted by Gasteiger charge is -2.11. The number of carbonyl (C=O) groups excluding carboxylic acids is 2. The SMILES string of the molecule is C[C@H](NC(=O)c1cc(-c2ccncc2)ncn1)c1ncc(C(=O)Nc2cc(C(F)(F)F)c(Cl)cn2)s1. The molecule has 0 aliphatic carbocycles. The largest absolute Gasteiger partial charge is 0.418 e. The molecule has 4 heterocycles. The van der Waals surface area contributed by atoms with E-state index >= 15 is 0 Å². The Morgan fingerprint density at radius 1 is 1.03 bits per heavy atom. The summed E-state index contributed by atoms with van der Waals surface area (Å²) in [6.07, 6.45) is 1.85. The standard InChI is InChI=1S/C22H15ClF3N7O2S/c1-11(32-19(34)16-7-15(30-10-31-16)12-2-4-27-5-3-12)21-29-9-17(36-21)20(35)33-18-6-13(22(24,25)26)14(23)8-28-18/h2-11H,1H3,(H,32,34)(H,28,33,35)/t11-/m0/s1. The summed E-state index contributed by atoms with van der Waals surface area (Å²) in [5.41, 5.74) is 0.325. The van der Waals surface area contributed by atoms with Gasteiger partial charge in [0.2, 0.25) is 0 Å². The Bertz CT molecular complexity index is 1420. The first-order valence-electron chi connectivity index (χ1n) is 10.1. The van der Waals surface area contributed by atoms with Crippen molar-refractivity contribution in [2.24, 2.45) is 0 Å². The van der Waals surface area contributed by atoms with Crippen LogP contribution in [0.5, 0.6) is 0 Å². The van der Waals surface area contributed by atoms with Gasteiger partial charge in [-0.25, -0.2) is 19.9 Å². The molecule has 0 radical (unpaired) electrons. The van der Waals surface area contributed by atoms with Crippen LogP contribution >= 0.6 is 22.9 Å². The topological polar surface area (TPSA) is 123 Å². The molecule has 2 N–H and O–H groups in total. The minimum absolute atomic E-state index is 0.110. The van der Waals surface area contributed by atoms with Crippen LogP contribution < -0.4 is 10.6 Å². The number of aromatic nitrogens is 5. The van der Waals surface area contributed by atoms with Crippen LogP contribution in [0.2, 0.25) is 5.02 Å². The number of anilines is 1. The molecule has 2 amide bonds. The highest BCUT2D eigenvalue weighted by Gasteiger charge is 2.34. The summed E-state index contributed by atoms with van der Waals surface area (Å²) >= 11 is 6.51. The number of nitrogens with zero attached hydrogens (tertiary/aromatic N) is 5. The van der Waals surface area contributed by atoms with Crippen molar-refractivity contribution in [1.29, 1.82) is 0 Å². The number of hydrogen-bond donors (Lipinski definition) is 2. The van der Waals surface area contributed by atoms with E-state index < -0.39 is 34.6 Å². The van der Waals surface area contributed by atoms with Gasteiger partial charge in [0.15, 0.2) is 0 Å². The first-order chi connectivity index (χ1) is 17.1. The molecule has 14 heteroatoms. The van der Waals surface area contributed by atoms with Gasteiger partial charge in [-0.15, -0.1) is 11.3 Å². The van der Waals surface area contributed by atoms with Gasteiger partial charge in [-0.3, -0.25) is 14.6 Å². The molecule has 4 aromatic heterocycles. The Labute approximate surface area is 210 Å². The minimum Gasteiger partial charge on any atom is -0.342 e. The molecule has 4 rings (SSSR count). The van der Waals surface area contributed by atoms with Gasteiger partial charge in [-0.2, -0.15) is 13.2 Å². The van der Waals surface area contributed by atoms with Gasteiger partial charge in [-0.1, -0.05) is 11.6 Å². The van der Waals surface area contributed by atoms with Crippen LogP contribution in [0.15, 0.2) is 55.4 Å². The van der Waals surface area contributed by atoms with Crippen molar-refractivity contribution in [3.05, 3.63) is 81.5 Å². The smallest absolute Gasteiger partial charge is 0.342 e. The zero-order chi connectivity index (χ0) is 25.9. The summed E-state index contributed by atoms with van der Waals surface area (Å²) in [7, 11) is 0. The maximum Gasteiger partial charge on any atom is 0.418 e. The maximum absolute atomic E-state index is 13.0. The molecule has 0 saturated carbocycles. The molecule has 0 saturated heterocycles. The number of halogens is 4. The van der Waals surface area contributed by atoms with E-state index in [4.69, 9.17) is 11.6 Å². The van der Waals surface area contributed by atoms with Crippen LogP contribution in [-0.4, -0.2) is 36.7 Å². The van der Waals surface area contributed by atoms with Crippen molar-refractivity contribution in [2.45, 2.75) is 19.1 Å². The molecule has 0 spiro atoms. The fraction of sp³-hybridized carbons (Fsp3) is 0.136. The molecule has 0 fully saturated rings. The first-order valence-corrected chi connectivity index (χ1v) is 11.3. The Hall–Kier alpha value is -3.97. The van der Waals surface area contributed by atoms with Crippen LogP contribution in [0, 0.1) is 0 Å². The van der Waals surface area contributed by atoms with Crippen LogP contribution in [-0.2, 0) is 6.18 Å². The fourth-order valence-corrected chi connectivity index (χ4v) is 4.02. The molecule has 1 atom stereocenters. The van der Waals surface area contributed by atoms with Gasteiger partial charge in [-0.05, 0) is 31.2 Å². The summed E-state index contributed by atoms with van der Waals surface area (Å²) in [5, 5.41) is 4.86. The second kappa shape index (κ2) is 10.3. The summed E-state index contributed by atoms with van der Waals surface area (Å²) in [6.45, 7) is 1.67. The monoisotopic (exact) mass is 533 g/mol. The van der Waals surface area contributed by atoms with E-state index in [0.717, 1.165) is 23.1 Å². The van der Waals surface area contributed by atoms with Crippen molar-refractivity contribution in [2.75, 3.05) is 5.32 Å². The van der Waals surface area contributed by atoms with Crippen LogP contribution in [0.3, 0.4) is 0 Å².